The third kappa shape index (κ3) is 3.83. The van der Waals surface area contributed by atoms with Crippen molar-refractivity contribution in [1.82, 2.24) is 9.80 Å². The minimum absolute atomic E-state index is 0.128. The van der Waals surface area contributed by atoms with Gasteiger partial charge in [-0.25, -0.2) is 4.79 Å². The summed E-state index contributed by atoms with van der Waals surface area (Å²) < 4.78 is 5.14. The van der Waals surface area contributed by atoms with Crippen LogP contribution in [0.1, 0.15) is 58.8 Å². The van der Waals surface area contributed by atoms with Crippen molar-refractivity contribution in [2.24, 2.45) is 17.3 Å². The summed E-state index contributed by atoms with van der Waals surface area (Å²) in [6.07, 6.45) is 13.6. The van der Waals surface area contributed by atoms with Crippen molar-refractivity contribution < 1.29 is 9.53 Å². The highest BCUT2D eigenvalue weighted by molar-refractivity contribution is 5.67. The van der Waals surface area contributed by atoms with Crippen LogP contribution in [0.25, 0.3) is 0 Å². The van der Waals surface area contributed by atoms with Crippen LogP contribution in [0.4, 0.5) is 4.79 Å². The molecule has 0 aromatic rings. The molecule has 4 nitrogen and oxygen atoms in total. The zero-order valence-electron chi connectivity index (χ0n) is 17.2. The number of hydrogen-bond acceptors (Lipinski definition) is 3. The second kappa shape index (κ2) is 7.98. The number of piperidine rings is 2. The van der Waals surface area contributed by atoms with Crippen molar-refractivity contribution in [2.45, 2.75) is 58.8 Å². The number of carbonyl (C=O) groups excluding carboxylic acids is 1. The fourth-order valence-electron chi connectivity index (χ4n) is 6.09. The standard InChI is InChI=1S/C23H36N2O2/c1-3-27-22(26)25-13-8-19(9-14-25)17-24-15-11-23(12-16-24)10-7-20-6-4-5-18(2)21(20)23/h4,6,18-19H,3,5,7-17H2,1-2H3. The molecule has 27 heavy (non-hydrogen) atoms. The van der Waals surface area contributed by atoms with Gasteiger partial charge in [0, 0.05) is 19.6 Å². The number of carbonyl (C=O) groups is 1. The number of nitrogens with zero attached hydrogens (tertiary/aromatic N) is 2. The maximum Gasteiger partial charge on any atom is 0.409 e. The van der Waals surface area contributed by atoms with Crippen molar-refractivity contribution in [1.29, 1.82) is 0 Å². The molecule has 2 heterocycles. The van der Waals surface area contributed by atoms with E-state index < -0.39 is 0 Å². The van der Waals surface area contributed by atoms with Crippen LogP contribution in [-0.2, 0) is 4.74 Å². The molecule has 2 saturated heterocycles. The van der Waals surface area contributed by atoms with Gasteiger partial charge in [-0.3, -0.25) is 0 Å². The van der Waals surface area contributed by atoms with Crippen LogP contribution in [0, 0.1) is 17.3 Å². The predicted octanol–water partition coefficient (Wildman–Crippen LogP) is 4.62. The lowest BCUT2D eigenvalue weighted by atomic mass is 9.68. The number of ether oxygens (including phenoxy) is 1. The molecular weight excluding hydrogens is 336 g/mol. The molecule has 1 amide bonds. The second-order valence-electron chi connectivity index (χ2n) is 9.19. The first-order chi connectivity index (χ1) is 13.1. The van der Waals surface area contributed by atoms with E-state index in [-0.39, 0.29) is 6.09 Å². The molecule has 2 aliphatic carbocycles. The van der Waals surface area contributed by atoms with Gasteiger partial charge in [-0.05, 0) is 87.8 Å². The van der Waals surface area contributed by atoms with Gasteiger partial charge in [-0.15, -0.1) is 0 Å². The molecule has 4 heteroatoms. The van der Waals surface area contributed by atoms with Gasteiger partial charge < -0.3 is 14.5 Å². The third-order valence-electron chi connectivity index (χ3n) is 7.56. The number of allylic oxidation sites excluding steroid dienone is 4. The first-order valence-electron chi connectivity index (χ1n) is 11.2. The lowest BCUT2D eigenvalue weighted by molar-refractivity contribution is 0.0730. The Hall–Kier alpha value is -1.29. The first-order valence-corrected chi connectivity index (χ1v) is 11.2. The van der Waals surface area contributed by atoms with Gasteiger partial charge in [-0.2, -0.15) is 0 Å². The summed E-state index contributed by atoms with van der Waals surface area (Å²) >= 11 is 0. The molecule has 0 aromatic carbocycles. The van der Waals surface area contributed by atoms with Crippen LogP contribution in [0.15, 0.2) is 23.3 Å². The summed E-state index contributed by atoms with van der Waals surface area (Å²) in [5.41, 5.74) is 4.02. The number of amides is 1. The Morgan fingerprint density at radius 1 is 1.19 bits per heavy atom. The van der Waals surface area contributed by atoms with E-state index >= 15 is 0 Å². The van der Waals surface area contributed by atoms with Crippen LogP contribution in [0.3, 0.4) is 0 Å². The van der Waals surface area contributed by atoms with E-state index in [1.807, 2.05) is 17.4 Å². The normalized spacial score (nSPS) is 28.7. The van der Waals surface area contributed by atoms with Crippen LogP contribution < -0.4 is 0 Å². The van der Waals surface area contributed by atoms with Gasteiger partial charge in [0.1, 0.15) is 0 Å². The van der Waals surface area contributed by atoms with E-state index in [2.05, 4.69) is 24.0 Å². The highest BCUT2D eigenvalue weighted by Crippen LogP contribution is 2.54. The third-order valence-corrected chi connectivity index (χ3v) is 7.56. The Balaban J connectivity index is 1.27. The van der Waals surface area contributed by atoms with E-state index in [0.29, 0.717) is 12.0 Å². The largest absolute Gasteiger partial charge is 0.450 e. The number of rotatable bonds is 3. The summed E-state index contributed by atoms with van der Waals surface area (Å²) in [4.78, 5) is 16.5. The molecule has 1 unspecified atom stereocenters. The molecule has 0 bridgehead atoms. The smallest absolute Gasteiger partial charge is 0.409 e. The van der Waals surface area contributed by atoms with E-state index in [1.165, 1.54) is 51.7 Å². The molecule has 150 valence electrons. The van der Waals surface area contributed by atoms with Crippen molar-refractivity contribution in [3.63, 3.8) is 0 Å². The fraction of sp³-hybridized carbons (Fsp3) is 0.783. The van der Waals surface area contributed by atoms with E-state index in [9.17, 15) is 4.79 Å². The van der Waals surface area contributed by atoms with Gasteiger partial charge in [0.25, 0.3) is 0 Å². The average Bonchev–Trinajstić information content (AvgIpc) is 3.04. The SMILES string of the molecule is CCOC(=O)N1CCC(CN2CCC3(CCC4=C3C(C)CC=C4)CC2)CC1. The first kappa shape index (κ1) is 19.0. The molecule has 0 saturated carbocycles. The van der Waals surface area contributed by atoms with Crippen molar-refractivity contribution in [3.8, 4) is 0 Å². The van der Waals surface area contributed by atoms with Gasteiger partial charge in [-0.1, -0.05) is 24.6 Å². The molecule has 2 fully saturated rings. The Morgan fingerprint density at radius 3 is 2.63 bits per heavy atom. The van der Waals surface area contributed by atoms with Crippen molar-refractivity contribution in [2.75, 3.05) is 39.3 Å². The number of likely N-dealkylation sites (tertiary alicyclic amines) is 2. The topological polar surface area (TPSA) is 32.8 Å². The predicted molar refractivity (Wildman–Crippen MR) is 109 cm³/mol. The molecule has 4 rings (SSSR count). The Labute approximate surface area is 164 Å². The maximum absolute atomic E-state index is 11.9. The zero-order chi connectivity index (χ0) is 18.9. The lowest BCUT2D eigenvalue weighted by Crippen LogP contribution is -2.45. The van der Waals surface area contributed by atoms with Gasteiger partial charge in [0.2, 0.25) is 0 Å². The number of fused-ring (bicyclic) bond motifs is 1. The van der Waals surface area contributed by atoms with Crippen LogP contribution in [0.2, 0.25) is 0 Å². The fourth-order valence-corrected chi connectivity index (χ4v) is 6.09. The molecular formula is C23H36N2O2. The summed E-state index contributed by atoms with van der Waals surface area (Å²) in [6.45, 7) is 10.2. The highest BCUT2D eigenvalue weighted by Gasteiger charge is 2.44. The highest BCUT2D eigenvalue weighted by atomic mass is 16.6. The molecule has 4 aliphatic rings. The van der Waals surface area contributed by atoms with Crippen molar-refractivity contribution in [3.05, 3.63) is 23.3 Å². The molecule has 1 atom stereocenters. The molecule has 0 N–H and O–H groups in total. The molecule has 0 radical (unpaired) electrons. The zero-order valence-corrected chi connectivity index (χ0v) is 17.2. The molecule has 1 spiro atoms. The van der Waals surface area contributed by atoms with Crippen LogP contribution in [-0.4, -0.2) is 55.2 Å². The molecule has 0 aromatic heterocycles. The van der Waals surface area contributed by atoms with E-state index in [0.717, 1.165) is 37.8 Å². The van der Waals surface area contributed by atoms with E-state index in [4.69, 9.17) is 4.74 Å². The quantitative estimate of drug-likeness (QED) is 0.724. The van der Waals surface area contributed by atoms with E-state index in [1.54, 1.807) is 5.57 Å². The second-order valence-corrected chi connectivity index (χ2v) is 9.19. The monoisotopic (exact) mass is 372 g/mol. The van der Waals surface area contributed by atoms with Gasteiger partial charge in [0.05, 0.1) is 6.61 Å². The van der Waals surface area contributed by atoms with Gasteiger partial charge >= 0.3 is 6.09 Å². The van der Waals surface area contributed by atoms with Crippen LogP contribution >= 0.6 is 0 Å². The Morgan fingerprint density at radius 2 is 1.93 bits per heavy atom. The minimum Gasteiger partial charge on any atom is -0.450 e. The molecule has 2 aliphatic heterocycles. The summed E-state index contributed by atoms with van der Waals surface area (Å²) in [5.74, 6) is 1.49. The van der Waals surface area contributed by atoms with Crippen LogP contribution in [0.5, 0.6) is 0 Å². The average molecular weight is 373 g/mol. The summed E-state index contributed by atoms with van der Waals surface area (Å²) in [7, 11) is 0. The van der Waals surface area contributed by atoms with Gasteiger partial charge in [0.15, 0.2) is 0 Å². The maximum atomic E-state index is 11.9. The number of hydrogen-bond donors (Lipinski definition) is 0. The Kier molecular flexibility index (Phi) is 5.63. The minimum atomic E-state index is -0.128. The summed E-state index contributed by atoms with van der Waals surface area (Å²) in [5, 5.41) is 0. The Bertz CT molecular complexity index is 608. The van der Waals surface area contributed by atoms with Crippen molar-refractivity contribution >= 4 is 6.09 Å². The lowest BCUT2D eigenvalue weighted by Gasteiger charge is -2.44. The summed E-state index contributed by atoms with van der Waals surface area (Å²) in [6, 6.07) is 0.